The summed E-state index contributed by atoms with van der Waals surface area (Å²) in [7, 11) is 0. The maximum absolute atomic E-state index is 12.5. The van der Waals surface area contributed by atoms with Gasteiger partial charge in [-0.1, -0.05) is 11.6 Å². The van der Waals surface area contributed by atoms with E-state index < -0.39 is 0 Å². The Hall–Kier alpha value is -1.56. The van der Waals surface area contributed by atoms with Gasteiger partial charge in [-0.05, 0) is 25.1 Å². The number of benzene rings is 1. The number of hydrogen-bond acceptors (Lipinski definition) is 4. The Kier molecular flexibility index (Phi) is 4.88. The van der Waals surface area contributed by atoms with Crippen LogP contribution >= 0.6 is 12.4 Å². The van der Waals surface area contributed by atoms with E-state index in [0.717, 1.165) is 16.5 Å². The van der Waals surface area contributed by atoms with Gasteiger partial charge >= 0.3 is 0 Å². The van der Waals surface area contributed by atoms with E-state index in [0.29, 0.717) is 32.0 Å². The molecule has 1 atom stereocenters. The van der Waals surface area contributed by atoms with E-state index >= 15 is 0 Å². The number of amides is 1. The lowest BCUT2D eigenvalue weighted by atomic mass is 10.2. The first-order chi connectivity index (χ1) is 9.67. The Balaban J connectivity index is 0.00000161. The highest BCUT2D eigenvalue weighted by Gasteiger charge is 2.26. The van der Waals surface area contributed by atoms with Crippen molar-refractivity contribution in [2.45, 2.75) is 13.0 Å². The number of fused-ring (bicyclic) bond motifs is 1. The van der Waals surface area contributed by atoms with Gasteiger partial charge in [0.25, 0.3) is 5.91 Å². The zero-order chi connectivity index (χ0) is 14.1. The second kappa shape index (κ2) is 6.47. The molecule has 2 aromatic rings. The third kappa shape index (κ3) is 3.20. The molecule has 5 nitrogen and oxygen atoms in total. The van der Waals surface area contributed by atoms with Gasteiger partial charge < -0.3 is 19.8 Å². The van der Waals surface area contributed by atoms with Crippen molar-refractivity contribution in [3.8, 4) is 0 Å². The zero-order valence-corrected chi connectivity index (χ0v) is 12.7. The van der Waals surface area contributed by atoms with E-state index in [1.807, 2.05) is 25.1 Å². The molecule has 21 heavy (non-hydrogen) atoms. The maximum atomic E-state index is 12.5. The molecule has 1 saturated heterocycles. The van der Waals surface area contributed by atoms with Crippen LogP contribution in [0.2, 0.25) is 0 Å². The molecule has 1 aromatic heterocycles. The van der Waals surface area contributed by atoms with Gasteiger partial charge in [-0.15, -0.1) is 12.4 Å². The molecule has 1 unspecified atom stereocenters. The third-order valence-electron chi connectivity index (χ3n) is 3.57. The first-order valence-electron chi connectivity index (χ1n) is 6.78. The van der Waals surface area contributed by atoms with Crippen LogP contribution in [0.5, 0.6) is 0 Å². The molecule has 1 aliphatic heterocycles. The monoisotopic (exact) mass is 310 g/mol. The molecule has 6 heteroatoms. The van der Waals surface area contributed by atoms with Gasteiger partial charge in [0, 0.05) is 25.0 Å². The van der Waals surface area contributed by atoms with Gasteiger partial charge in [0.05, 0.1) is 12.7 Å². The predicted octanol–water partition coefficient (Wildman–Crippen LogP) is 1.96. The summed E-state index contributed by atoms with van der Waals surface area (Å²) in [6, 6.07) is 7.68. The summed E-state index contributed by atoms with van der Waals surface area (Å²) in [5.41, 5.74) is 7.48. The molecule has 114 valence electrons. The molecule has 0 radical (unpaired) electrons. The average Bonchev–Trinajstić information content (AvgIpc) is 2.89. The lowest BCUT2D eigenvalue weighted by Gasteiger charge is -2.31. The number of rotatable bonds is 2. The average molecular weight is 311 g/mol. The van der Waals surface area contributed by atoms with Gasteiger partial charge in [-0.3, -0.25) is 4.79 Å². The number of halogens is 1. The first-order valence-corrected chi connectivity index (χ1v) is 6.78. The van der Waals surface area contributed by atoms with Crippen molar-refractivity contribution in [2.24, 2.45) is 5.73 Å². The van der Waals surface area contributed by atoms with Crippen molar-refractivity contribution in [3.63, 3.8) is 0 Å². The van der Waals surface area contributed by atoms with Crippen LogP contribution in [0.25, 0.3) is 11.0 Å². The molecule has 0 saturated carbocycles. The lowest BCUT2D eigenvalue weighted by Crippen LogP contribution is -2.48. The summed E-state index contributed by atoms with van der Waals surface area (Å²) >= 11 is 0. The minimum atomic E-state index is -0.0967. The molecule has 2 heterocycles. The van der Waals surface area contributed by atoms with Gasteiger partial charge in [-0.2, -0.15) is 0 Å². The second-order valence-corrected chi connectivity index (χ2v) is 5.13. The minimum Gasteiger partial charge on any atom is -0.451 e. The smallest absolute Gasteiger partial charge is 0.289 e. The Morgan fingerprint density at radius 3 is 3.00 bits per heavy atom. The molecule has 0 spiro atoms. The summed E-state index contributed by atoms with van der Waals surface area (Å²) in [6.07, 6.45) is -0.0840. The lowest BCUT2D eigenvalue weighted by molar-refractivity contribution is -0.0176. The van der Waals surface area contributed by atoms with Crippen LogP contribution in [0.3, 0.4) is 0 Å². The molecule has 1 amide bonds. The van der Waals surface area contributed by atoms with Crippen LogP contribution in [-0.2, 0) is 4.74 Å². The fourth-order valence-electron chi connectivity index (χ4n) is 2.47. The standard InChI is InChI=1S/C15H18N2O3.ClH/c1-10-2-3-13-11(6-10)7-14(20-13)15(18)17-4-5-19-12(8-16)9-17;/h2-3,6-7,12H,4-5,8-9,16H2,1H3;1H. The predicted molar refractivity (Wildman–Crippen MR) is 82.9 cm³/mol. The van der Waals surface area contributed by atoms with E-state index in [2.05, 4.69) is 0 Å². The number of nitrogens with zero attached hydrogens (tertiary/aromatic N) is 1. The third-order valence-corrected chi connectivity index (χ3v) is 3.57. The van der Waals surface area contributed by atoms with Crippen molar-refractivity contribution in [1.82, 2.24) is 4.90 Å². The van der Waals surface area contributed by atoms with Crippen molar-refractivity contribution < 1.29 is 13.9 Å². The summed E-state index contributed by atoms with van der Waals surface area (Å²) in [6.45, 7) is 4.05. The van der Waals surface area contributed by atoms with Crippen LogP contribution in [0, 0.1) is 6.92 Å². The minimum absolute atomic E-state index is 0. The second-order valence-electron chi connectivity index (χ2n) is 5.13. The van der Waals surface area contributed by atoms with Gasteiger partial charge in [0.15, 0.2) is 5.76 Å². The van der Waals surface area contributed by atoms with E-state index in [-0.39, 0.29) is 24.4 Å². The summed E-state index contributed by atoms with van der Waals surface area (Å²) in [5, 5.41) is 0.956. The number of furan rings is 1. The van der Waals surface area contributed by atoms with Crippen LogP contribution in [0.15, 0.2) is 28.7 Å². The van der Waals surface area contributed by atoms with Crippen molar-refractivity contribution in [2.75, 3.05) is 26.2 Å². The van der Waals surface area contributed by atoms with E-state index in [4.69, 9.17) is 14.9 Å². The largest absolute Gasteiger partial charge is 0.451 e. The molecule has 0 aliphatic carbocycles. The molecule has 2 N–H and O–H groups in total. The Bertz CT molecular complexity index is 641. The molecule has 3 rings (SSSR count). The Morgan fingerprint density at radius 1 is 1.43 bits per heavy atom. The number of carbonyl (C=O) groups is 1. The van der Waals surface area contributed by atoms with Crippen molar-refractivity contribution in [1.29, 1.82) is 0 Å². The van der Waals surface area contributed by atoms with Crippen LogP contribution in [0.4, 0.5) is 0 Å². The number of morpholine rings is 1. The van der Waals surface area contributed by atoms with E-state index in [9.17, 15) is 4.79 Å². The van der Waals surface area contributed by atoms with Gasteiger partial charge in [-0.25, -0.2) is 0 Å². The Labute approximate surface area is 129 Å². The van der Waals surface area contributed by atoms with Crippen LogP contribution < -0.4 is 5.73 Å². The molecular formula is C15H19ClN2O3. The summed E-state index contributed by atoms with van der Waals surface area (Å²) < 4.78 is 11.1. The molecule has 0 bridgehead atoms. The van der Waals surface area contributed by atoms with Crippen LogP contribution in [0.1, 0.15) is 16.1 Å². The summed E-state index contributed by atoms with van der Waals surface area (Å²) in [5.74, 6) is 0.281. The highest BCUT2D eigenvalue weighted by molar-refractivity contribution is 5.96. The SMILES string of the molecule is Cc1ccc2oc(C(=O)N3CCOC(CN)C3)cc2c1.Cl. The van der Waals surface area contributed by atoms with E-state index in [1.54, 1.807) is 11.0 Å². The zero-order valence-electron chi connectivity index (χ0n) is 11.9. The van der Waals surface area contributed by atoms with Crippen molar-refractivity contribution in [3.05, 3.63) is 35.6 Å². The Morgan fingerprint density at radius 2 is 2.24 bits per heavy atom. The number of carbonyl (C=O) groups excluding carboxylic acids is 1. The fraction of sp³-hybridized carbons (Fsp3) is 0.400. The van der Waals surface area contributed by atoms with E-state index in [1.165, 1.54) is 0 Å². The molecule has 1 fully saturated rings. The highest BCUT2D eigenvalue weighted by Crippen LogP contribution is 2.22. The summed E-state index contributed by atoms with van der Waals surface area (Å²) in [4.78, 5) is 14.2. The fourth-order valence-corrected chi connectivity index (χ4v) is 2.47. The normalized spacial score (nSPS) is 18.6. The highest BCUT2D eigenvalue weighted by atomic mass is 35.5. The number of aryl methyl sites for hydroxylation is 1. The number of ether oxygens (including phenoxy) is 1. The van der Waals surface area contributed by atoms with Crippen molar-refractivity contribution >= 4 is 29.3 Å². The number of hydrogen-bond donors (Lipinski definition) is 1. The van der Waals surface area contributed by atoms with Gasteiger partial charge in [0.2, 0.25) is 0 Å². The quantitative estimate of drug-likeness (QED) is 0.920. The molecule has 1 aromatic carbocycles. The maximum Gasteiger partial charge on any atom is 0.289 e. The number of nitrogens with two attached hydrogens (primary N) is 1. The van der Waals surface area contributed by atoms with Gasteiger partial charge in [0.1, 0.15) is 5.58 Å². The first kappa shape index (κ1) is 15.8. The van der Waals surface area contributed by atoms with Crippen LogP contribution in [-0.4, -0.2) is 43.2 Å². The topological polar surface area (TPSA) is 68.7 Å². The molecular weight excluding hydrogens is 292 g/mol. The molecule has 1 aliphatic rings.